The van der Waals surface area contributed by atoms with Crippen LogP contribution in [0, 0.1) is 5.92 Å². The van der Waals surface area contributed by atoms with Gasteiger partial charge in [-0.15, -0.1) is 0 Å². The lowest BCUT2D eigenvalue weighted by molar-refractivity contribution is -0.131. The van der Waals surface area contributed by atoms with Crippen molar-refractivity contribution in [2.45, 2.75) is 51.5 Å². The summed E-state index contributed by atoms with van der Waals surface area (Å²) in [5, 5.41) is 3.32. The molecule has 1 aliphatic heterocycles. The van der Waals surface area contributed by atoms with Gasteiger partial charge in [-0.1, -0.05) is 26.0 Å². The number of carbonyl (C=O) groups is 1. The maximum absolute atomic E-state index is 12.5. The largest absolute Gasteiger partial charge is 0.456 e. The van der Waals surface area contributed by atoms with E-state index in [2.05, 4.69) is 11.4 Å². The topological polar surface area (TPSA) is 93.6 Å². The van der Waals surface area contributed by atoms with Gasteiger partial charge in [-0.25, -0.2) is 0 Å². The summed E-state index contributed by atoms with van der Waals surface area (Å²) in [6.07, 6.45) is 7.68. The molecule has 2 aliphatic rings. The second-order valence-electron chi connectivity index (χ2n) is 8.38. The highest BCUT2D eigenvalue weighted by Crippen LogP contribution is 2.30. The number of likely N-dealkylation sites (tertiary alicyclic amines) is 1. The van der Waals surface area contributed by atoms with Crippen molar-refractivity contribution in [1.82, 2.24) is 10.2 Å². The first-order valence-corrected chi connectivity index (χ1v) is 10.6. The molecule has 1 heterocycles. The quantitative estimate of drug-likeness (QED) is 0.462. The molecular formula is C23H34N4O2. The third-order valence-electron chi connectivity index (χ3n) is 5.60. The number of nitrogens with zero attached hydrogens (tertiary/aromatic N) is 1. The smallest absolute Gasteiger partial charge is 0.236 e. The molecule has 3 rings (SSSR count). The summed E-state index contributed by atoms with van der Waals surface area (Å²) >= 11 is 0. The molecule has 158 valence electrons. The number of hydrogen-bond acceptors (Lipinski definition) is 5. The van der Waals surface area contributed by atoms with E-state index in [1.54, 1.807) is 6.08 Å². The summed E-state index contributed by atoms with van der Waals surface area (Å²) in [6.45, 7) is 6.11. The molecule has 1 saturated carbocycles. The van der Waals surface area contributed by atoms with Gasteiger partial charge in [0.15, 0.2) is 0 Å². The fourth-order valence-electron chi connectivity index (χ4n) is 3.52. The van der Waals surface area contributed by atoms with E-state index in [0.29, 0.717) is 24.3 Å². The summed E-state index contributed by atoms with van der Waals surface area (Å²) in [7, 11) is 0. The molecule has 0 spiro atoms. The number of amides is 1. The molecule has 1 aromatic carbocycles. The van der Waals surface area contributed by atoms with Gasteiger partial charge in [0, 0.05) is 43.0 Å². The zero-order valence-corrected chi connectivity index (χ0v) is 17.6. The van der Waals surface area contributed by atoms with Crippen LogP contribution in [0.4, 0.5) is 0 Å². The average molecular weight is 399 g/mol. The number of benzene rings is 1. The van der Waals surface area contributed by atoms with E-state index in [-0.39, 0.29) is 11.8 Å². The molecule has 6 nitrogen and oxygen atoms in total. The van der Waals surface area contributed by atoms with Gasteiger partial charge < -0.3 is 26.4 Å². The Balaban J connectivity index is 1.63. The second kappa shape index (κ2) is 9.83. The van der Waals surface area contributed by atoms with Crippen molar-refractivity contribution in [3.8, 4) is 5.75 Å². The standard InChI is InChI=1S/C23H34N4O2/c1-16(2)22(25)12-21(13-24)29-20-7-3-5-17(11-20)18-6-4-10-27(15-18)23(28)14-26-19-8-9-19/h3,5,7,11-13,16,18-19,26H,4,6,8-10,14-15,24-25H2,1-2H3/b21-13+,22-12-. The van der Waals surface area contributed by atoms with Crippen LogP contribution in [-0.4, -0.2) is 36.5 Å². The van der Waals surface area contributed by atoms with Gasteiger partial charge in [0.25, 0.3) is 0 Å². The van der Waals surface area contributed by atoms with E-state index >= 15 is 0 Å². The predicted octanol–water partition coefficient (Wildman–Crippen LogP) is 2.82. The van der Waals surface area contributed by atoms with Crippen molar-refractivity contribution in [2.24, 2.45) is 17.4 Å². The molecule has 1 amide bonds. The Hall–Kier alpha value is -2.47. The highest BCUT2D eigenvalue weighted by atomic mass is 16.5. The molecule has 1 aliphatic carbocycles. The summed E-state index contributed by atoms with van der Waals surface area (Å²) in [6, 6.07) is 8.61. The first kappa shape index (κ1) is 21.2. The summed E-state index contributed by atoms with van der Waals surface area (Å²) in [4.78, 5) is 14.5. The lowest BCUT2D eigenvalue weighted by atomic mass is 9.90. The summed E-state index contributed by atoms with van der Waals surface area (Å²) in [5.41, 5.74) is 13.7. The number of ether oxygens (including phenoxy) is 1. The first-order valence-electron chi connectivity index (χ1n) is 10.6. The Morgan fingerprint density at radius 2 is 2.14 bits per heavy atom. The van der Waals surface area contributed by atoms with Gasteiger partial charge >= 0.3 is 0 Å². The number of piperidine rings is 1. The van der Waals surface area contributed by atoms with Crippen LogP contribution in [0.15, 0.2) is 48.0 Å². The minimum atomic E-state index is 0.205. The molecule has 1 unspecified atom stereocenters. The maximum atomic E-state index is 12.5. The Bertz CT molecular complexity index is 768. The van der Waals surface area contributed by atoms with Crippen molar-refractivity contribution in [3.05, 3.63) is 53.6 Å². The fraction of sp³-hybridized carbons (Fsp3) is 0.522. The second-order valence-corrected chi connectivity index (χ2v) is 8.38. The maximum Gasteiger partial charge on any atom is 0.236 e. The van der Waals surface area contributed by atoms with Gasteiger partial charge in [-0.2, -0.15) is 0 Å². The van der Waals surface area contributed by atoms with E-state index in [1.165, 1.54) is 24.6 Å². The lowest BCUT2D eigenvalue weighted by Gasteiger charge is -2.33. The Kier molecular flexibility index (Phi) is 7.20. The number of nitrogens with one attached hydrogen (secondary N) is 1. The monoisotopic (exact) mass is 398 g/mol. The van der Waals surface area contributed by atoms with Crippen molar-refractivity contribution in [3.63, 3.8) is 0 Å². The number of hydrogen-bond donors (Lipinski definition) is 3. The van der Waals surface area contributed by atoms with Gasteiger partial charge in [0.05, 0.1) is 6.54 Å². The molecule has 0 bridgehead atoms. The summed E-state index contributed by atoms with van der Waals surface area (Å²) < 4.78 is 5.95. The molecule has 0 radical (unpaired) electrons. The zero-order valence-electron chi connectivity index (χ0n) is 17.6. The summed E-state index contributed by atoms with van der Waals surface area (Å²) in [5.74, 6) is 2.00. The fourth-order valence-corrected chi connectivity index (χ4v) is 3.52. The van der Waals surface area contributed by atoms with Crippen molar-refractivity contribution in [2.75, 3.05) is 19.6 Å². The van der Waals surface area contributed by atoms with Crippen LogP contribution in [0.25, 0.3) is 0 Å². The minimum absolute atomic E-state index is 0.205. The van der Waals surface area contributed by atoms with Crippen LogP contribution < -0.4 is 21.5 Å². The lowest BCUT2D eigenvalue weighted by Crippen LogP contribution is -2.43. The molecule has 29 heavy (non-hydrogen) atoms. The van der Waals surface area contributed by atoms with Crippen LogP contribution in [0.5, 0.6) is 5.75 Å². The van der Waals surface area contributed by atoms with E-state index in [9.17, 15) is 4.79 Å². The normalized spacial score (nSPS) is 20.8. The highest BCUT2D eigenvalue weighted by Gasteiger charge is 2.27. The molecule has 1 saturated heterocycles. The van der Waals surface area contributed by atoms with E-state index in [1.807, 2.05) is 36.9 Å². The van der Waals surface area contributed by atoms with Crippen molar-refractivity contribution < 1.29 is 9.53 Å². The third-order valence-corrected chi connectivity index (χ3v) is 5.60. The van der Waals surface area contributed by atoms with E-state index in [4.69, 9.17) is 16.2 Å². The Labute approximate surface area is 174 Å². The SMILES string of the molecule is CC(C)/C(N)=C/C(=C\N)Oc1cccc(C2CCCN(C(=O)CNC3CC3)C2)c1. The molecule has 1 atom stereocenters. The van der Waals surface area contributed by atoms with Crippen LogP contribution in [0.3, 0.4) is 0 Å². The molecule has 6 heteroatoms. The van der Waals surface area contributed by atoms with E-state index < -0.39 is 0 Å². The average Bonchev–Trinajstić information content (AvgIpc) is 3.56. The zero-order chi connectivity index (χ0) is 20.8. The van der Waals surface area contributed by atoms with Gasteiger partial charge in [-0.3, -0.25) is 4.79 Å². The van der Waals surface area contributed by atoms with Crippen LogP contribution in [-0.2, 0) is 4.79 Å². The van der Waals surface area contributed by atoms with Gasteiger partial charge in [0.2, 0.25) is 5.91 Å². The van der Waals surface area contributed by atoms with Crippen LogP contribution in [0.2, 0.25) is 0 Å². The van der Waals surface area contributed by atoms with Gasteiger partial charge in [-0.05, 0) is 49.3 Å². The van der Waals surface area contributed by atoms with E-state index in [0.717, 1.165) is 37.4 Å². The number of nitrogens with two attached hydrogens (primary N) is 2. The molecule has 1 aromatic rings. The first-order chi connectivity index (χ1) is 14.0. The molecule has 2 fully saturated rings. The molecular weight excluding hydrogens is 364 g/mol. The van der Waals surface area contributed by atoms with Crippen molar-refractivity contribution in [1.29, 1.82) is 0 Å². The number of carbonyl (C=O) groups excluding carboxylic acids is 1. The van der Waals surface area contributed by atoms with Gasteiger partial charge in [0.1, 0.15) is 11.5 Å². The number of allylic oxidation sites excluding steroid dienone is 2. The Morgan fingerprint density at radius 1 is 1.34 bits per heavy atom. The molecule has 5 N–H and O–H groups in total. The highest BCUT2D eigenvalue weighted by molar-refractivity contribution is 5.78. The Morgan fingerprint density at radius 3 is 2.83 bits per heavy atom. The number of rotatable bonds is 8. The third kappa shape index (κ3) is 6.26. The minimum Gasteiger partial charge on any atom is -0.456 e. The van der Waals surface area contributed by atoms with Crippen LogP contribution >= 0.6 is 0 Å². The molecule has 0 aromatic heterocycles. The predicted molar refractivity (Wildman–Crippen MR) is 116 cm³/mol. The van der Waals surface area contributed by atoms with Crippen molar-refractivity contribution >= 4 is 5.91 Å². The van der Waals surface area contributed by atoms with Crippen LogP contribution in [0.1, 0.15) is 51.0 Å².